The monoisotopic (exact) mass is 225 g/mol. The number of hydrogen-bond donors (Lipinski definition) is 1. The summed E-state index contributed by atoms with van der Waals surface area (Å²) < 4.78 is 6.54. The molecule has 0 aliphatic heterocycles. The summed E-state index contributed by atoms with van der Waals surface area (Å²) in [5, 5.41) is 8.91. The molecule has 0 fully saturated rings. The van der Waals surface area contributed by atoms with Crippen molar-refractivity contribution in [3.63, 3.8) is 0 Å². The van der Waals surface area contributed by atoms with Crippen LogP contribution in [0.1, 0.15) is 30.1 Å². The molecule has 0 spiro atoms. The van der Waals surface area contributed by atoms with Crippen LogP contribution >= 0.6 is 0 Å². The zero-order valence-electron chi connectivity index (χ0n) is 9.40. The normalized spacial score (nSPS) is 10.1. The van der Waals surface area contributed by atoms with Crippen molar-refractivity contribution < 1.29 is 14.6 Å². The molecule has 0 unspecified atom stereocenters. The third kappa shape index (κ3) is 2.62. The quantitative estimate of drug-likeness (QED) is 0.766. The van der Waals surface area contributed by atoms with Crippen LogP contribution in [0.5, 0.6) is 5.75 Å². The van der Waals surface area contributed by atoms with Crippen LogP contribution in [0.2, 0.25) is 0 Å². The Kier molecular flexibility index (Phi) is 4.10. The first-order chi connectivity index (χ1) is 7.57. The number of pyridine rings is 1. The number of rotatable bonds is 5. The van der Waals surface area contributed by atoms with Crippen LogP contribution < -0.4 is 10.3 Å². The Hall–Kier alpha value is -1.78. The standard InChI is InChI=1S/C11H15NO4/c1-3-4-7-16-9-8(11(14)15)5-6-12(2)10(9)13/h5-6H,3-4,7H2,1-2H3,(H,14,15). The molecule has 0 atom stereocenters. The van der Waals surface area contributed by atoms with Crippen molar-refractivity contribution in [1.82, 2.24) is 4.57 Å². The summed E-state index contributed by atoms with van der Waals surface area (Å²) in [6, 6.07) is 1.37. The minimum Gasteiger partial charge on any atom is -0.487 e. The molecule has 0 saturated carbocycles. The van der Waals surface area contributed by atoms with Crippen LogP contribution in [0.25, 0.3) is 0 Å². The summed E-state index contributed by atoms with van der Waals surface area (Å²) in [5.74, 6) is -1.23. The van der Waals surface area contributed by atoms with E-state index in [0.717, 1.165) is 12.8 Å². The summed E-state index contributed by atoms with van der Waals surface area (Å²) >= 11 is 0. The molecule has 0 aliphatic carbocycles. The van der Waals surface area contributed by atoms with Gasteiger partial charge in [-0.1, -0.05) is 13.3 Å². The molecule has 1 N–H and O–H groups in total. The molecule has 5 nitrogen and oxygen atoms in total. The van der Waals surface area contributed by atoms with Crippen molar-refractivity contribution in [2.24, 2.45) is 7.05 Å². The molecule has 0 aliphatic rings. The van der Waals surface area contributed by atoms with Gasteiger partial charge in [-0.3, -0.25) is 4.79 Å². The second-order valence-electron chi connectivity index (χ2n) is 3.48. The maximum absolute atomic E-state index is 11.7. The highest BCUT2D eigenvalue weighted by molar-refractivity contribution is 5.90. The lowest BCUT2D eigenvalue weighted by Gasteiger charge is -2.09. The van der Waals surface area contributed by atoms with Crippen LogP contribution in [-0.4, -0.2) is 22.2 Å². The summed E-state index contributed by atoms with van der Waals surface area (Å²) in [7, 11) is 1.56. The fraction of sp³-hybridized carbons (Fsp3) is 0.455. The van der Waals surface area contributed by atoms with Gasteiger partial charge in [0.05, 0.1) is 6.61 Å². The predicted octanol–water partition coefficient (Wildman–Crippen LogP) is 1.26. The smallest absolute Gasteiger partial charge is 0.339 e. The molecule has 0 aromatic carbocycles. The minimum atomic E-state index is -1.15. The van der Waals surface area contributed by atoms with Crippen molar-refractivity contribution in [1.29, 1.82) is 0 Å². The number of carboxylic acid groups (broad SMARTS) is 1. The van der Waals surface area contributed by atoms with Crippen LogP contribution in [0, 0.1) is 0 Å². The highest BCUT2D eigenvalue weighted by atomic mass is 16.5. The van der Waals surface area contributed by atoms with Gasteiger partial charge in [-0.2, -0.15) is 0 Å². The average molecular weight is 225 g/mol. The highest BCUT2D eigenvalue weighted by Crippen LogP contribution is 2.12. The maximum atomic E-state index is 11.7. The molecule has 0 bridgehead atoms. The number of aromatic nitrogens is 1. The van der Waals surface area contributed by atoms with E-state index in [-0.39, 0.29) is 11.3 Å². The summed E-state index contributed by atoms with van der Waals surface area (Å²) in [6.07, 6.45) is 3.13. The number of nitrogens with zero attached hydrogens (tertiary/aromatic N) is 1. The largest absolute Gasteiger partial charge is 0.487 e. The van der Waals surface area contributed by atoms with Crippen molar-refractivity contribution in [3.05, 3.63) is 28.2 Å². The van der Waals surface area contributed by atoms with Crippen LogP contribution in [0.15, 0.2) is 17.1 Å². The van der Waals surface area contributed by atoms with Crippen molar-refractivity contribution in [2.45, 2.75) is 19.8 Å². The fourth-order valence-electron chi connectivity index (χ4n) is 1.23. The highest BCUT2D eigenvalue weighted by Gasteiger charge is 2.15. The van der Waals surface area contributed by atoms with Gasteiger partial charge in [0, 0.05) is 13.2 Å². The third-order valence-electron chi connectivity index (χ3n) is 2.20. The fourth-order valence-corrected chi connectivity index (χ4v) is 1.23. The number of aryl methyl sites for hydroxylation is 1. The third-order valence-corrected chi connectivity index (χ3v) is 2.20. The van der Waals surface area contributed by atoms with Crippen LogP contribution in [0.3, 0.4) is 0 Å². The van der Waals surface area contributed by atoms with E-state index in [2.05, 4.69) is 0 Å². The summed E-state index contributed by atoms with van der Waals surface area (Å²) in [5.41, 5.74) is -0.504. The molecular weight excluding hydrogens is 210 g/mol. The van der Waals surface area contributed by atoms with Gasteiger partial charge in [-0.25, -0.2) is 4.79 Å². The van der Waals surface area contributed by atoms with Crippen LogP contribution in [0.4, 0.5) is 0 Å². The Morgan fingerprint density at radius 3 is 2.81 bits per heavy atom. The van der Waals surface area contributed by atoms with Gasteiger partial charge in [-0.05, 0) is 12.5 Å². The summed E-state index contributed by atoms with van der Waals surface area (Å²) in [4.78, 5) is 22.6. The Morgan fingerprint density at radius 1 is 1.56 bits per heavy atom. The van der Waals surface area contributed by atoms with Gasteiger partial charge < -0.3 is 14.4 Å². The van der Waals surface area contributed by atoms with Crippen molar-refractivity contribution >= 4 is 5.97 Å². The molecule has 16 heavy (non-hydrogen) atoms. The van der Waals surface area contributed by atoms with E-state index in [9.17, 15) is 9.59 Å². The molecule has 0 radical (unpaired) electrons. The van der Waals surface area contributed by atoms with Crippen LogP contribution in [-0.2, 0) is 7.05 Å². The zero-order chi connectivity index (χ0) is 12.1. The van der Waals surface area contributed by atoms with E-state index in [0.29, 0.717) is 6.61 Å². The van der Waals surface area contributed by atoms with E-state index in [1.165, 1.54) is 16.8 Å². The predicted molar refractivity (Wildman–Crippen MR) is 59.0 cm³/mol. The first kappa shape index (κ1) is 12.3. The van der Waals surface area contributed by atoms with Gasteiger partial charge in [0.15, 0.2) is 5.75 Å². The number of unbranched alkanes of at least 4 members (excludes halogenated alkanes) is 1. The van der Waals surface area contributed by atoms with Crippen molar-refractivity contribution in [3.8, 4) is 5.75 Å². The molecule has 1 aromatic heterocycles. The molecule has 88 valence electrons. The Balaban J connectivity index is 3.06. The average Bonchev–Trinajstić information content (AvgIpc) is 2.24. The SMILES string of the molecule is CCCCOc1c(C(=O)O)ccn(C)c1=O. The van der Waals surface area contributed by atoms with E-state index < -0.39 is 11.5 Å². The van der Waals surface area contributed by atoms with Gasteiger partial charge in [0.2, 0.25) is 0 Å². The lowest BCUT2D eigenvalue weighted by molar-refractivity contribution is 0.0691. The Bertz CT molecular complexity index is 436. The minimum absolute atomic E-state index is 0.0778. The molecule has 1 rings (SSSR count). The topological polar surface area (TPSA) is 68.5 Å². The van der Waals surface area contributed by atoms with Gasteiger partial charge in [0.25, 0.3) is 5.56 Å². The van der Waals surface area contributed by atoms with Gasteiger partial charge in [0.1, 0.15) is 5.56 Å². The van der Waals surface area contributed by atoms with Gasteiger partial charge in [-0.15, -0.1) is 0 Å². The number of carbonyl (C=O) groups is 1. The van der Waals surface area contributed by atoms with E-state index in [1.54, 1.807) is 7.05 Å². The van der Waals surface area contributed by atoms with E-state index in [1.807, 2.05) is 6.92 Å². The number of carboxylic acids is 1. The molecule has 1 heterocycles. The molecular formula is C11H15NO4. The number of ether oxygens (including phenoxy) is 1. The lowest BCUT2D eigenvalue weighted by Crippen LogP contribution is -2.22. The molecule has 1 aromatic rings. The Morgan fingerprint density at radius 2 is 2.25 bits per heavy atom. The van der Waals surface area contributed by atoms with Crippen molar-refractivity contribution in [2.75, 3.05) is 6.61 Å². The summed E-state index contributed by atoms with van der Waals surface area (Å²) in [6.45, 7) is 2.35. The molecule has 5 heteroatoms. The maximum Gasteiger partial charge on any atom is 0.339 e. The van der Waals surface area contributed by atoms with Gasteiger partial charge >= 0.3 is 5.97 Å². The molecule has 0 saturated heterocycles. The first-order valence-electron chi connectivity index (χ1n) is 5.13. The molecule has 0 amide bonds. The number of hydrogen-bond acceptors (Lipinski definition) is 3. The number of aromatic carboxylic acids is 1. The second kappa shape index (κ2) is 5.34. The van der Waals surface area contributed by atoms with E-state index >= 15 is 0 Å². The lowest BCUT2D eigenvalue weighted by atomic mass is 10.2. The Labute approximate surface area is 93.3 Å². The second-order valence-corrected chi connectivity index (χ2v) is 3.48. The van der Waals surface area contributed by atoms with E-state index in [4.69, 9.17) is 9.84 Å². The first-order valence-corrected chi connectivity index (χ1v) is 5.13. The zero-order valence-corrected chi connectivity index (χ0v) is 9.40.